The largest absolute Gasteiger partial charge is 0.390 e. The Labute approximate surface area is 111 Å². The van der Waals surface area contributed by atoms with E-state index in [-0.39, 0.29) is 0 Å². The van der Waals surface area contributed by atoms with Gasteiger partial charge in [-0.2, -0.15) is 0 Å². The fourth-order valence-corrected chi connectivity index (χ4v) is 2.11. The molecule has 1 rings (SSSR count). The second-order valence-corrected chi connectivity index (χ2v) is 4.99. The summed E-state index contributed by atoms with van der Waals surface area (Å²) in [5, 5.41) is 10.4. The third kappa shape index (κ3) is 3.82. The lowest BCUT2D eigenvalue weighted by molar-refractivity contribution is -0.110. The minimum absolute atomic E-state index is 0.446. The Morgan fingerprint density at radius 1 is 1.11 bits per heavy atom. The predicted molar refractivity (Wildman–Crippen MR) is 75.9 cm³/mol. The second kappa shape index (κ2) is 6.91. The number of aliphatic hydroxyl groups is 1. The standard InChI is InChI=1S/C16H26O2/c1-5-13-8-10-14(11-9-13)12-15(17)16(4,6-2)18-7-3/h8-11,15,17H,5-7,12H2,1-4H3. The van der Waals surface area contributed by atoms with Crippen LogP contribution in [0.3, 0.4) is 0 Å². The highest BCUT2D eigenvalue weighted by atomic mass is 16.5. The molecule has 102 valence electrons. The summed E-state index contributed by atoms with van der Waals surface area (Å²) in [6.07, 6.45) is 2.05. The molecule has 0 aliphatic carbocycles. The number of aliphatic hydroxyl groups excluding tert-OH is 1. The van der Waals surface area contributed by atoms with E-state index < -0.39 is 11.7 Å². The highest BCUT2D eigenvalue weighted by molar-refractivity contribution is 5.23. The van der Waals surface area contributed by atoms with Gasteiger partial charge in [-0.3, -0.25) is 0 Å². The van der Waals surface area contributed by atoms with Gasteiger partial charge in [0.1, 0.15) is 0 Å². The molecule has 0 heterocycles. The maximum Gasteiger partial charge on any atom is 0.0912 e. The van der Waals surface area contributed by atoms with E-state index >= 15 is 0 Å². The van der Waals surface area contributed by atoms with Gasteiger partial charge in [-0.25, -0.2) is 0 Å². The first-order valence-corrected chi connectivity index (χ1v) is 6.95. The van der Waals surface area contributed by atoms with Crippen LogP contribution in [0.2, 0.25) is 0 Å². The fraction of sp³-hybridized carbons (Fsp3) is 0.625. The first-order valence-electron chi connectivity index (χ1n) is 6.95. The van der Waals surface area contributed by atoms with E-state index in [1.165, 1.54) is 11.1 Å². The van der Waals surface area contributed by atoms with Gasteiger partial charge in [-0.1, -0.05) is 38.1 Å². The molecule has 0 spiro atoms. The molecule has 0 aliphatic rings. The number of aryl methyl sites for hydroxylation is 1. The van der Waals surface area contributed by atoms with Crippen molar-refractivity contribution in [2.45, 2.75) is 58.7 Å². The van der Waals surface area contributed by atoms with E-state index in [2.05, 4.69) is 38.1 Å². The fourth-order valence-electron chi connectivity index (χ4n) is 2.11. The molecule has 2 nitrogen and oxygen atoms in total. The molecule has 0 saturated heterocycles. The molecule has 0 amide bonds. The quantitative estimate of drug-likeness (QED) is 0.804. The maximum atomic E-state index is 10.4. The normalized spacial score (nSPS) is 16.3. The Morgan fingerprint density at radius 2 is 1.67 bits per heavy atom. The minimum atomic E-state index is -0.463. The number of hydrogen-bond donors (Lipinski definition) is 1. The molecule has 1 aromatic carbocycles. The van der Waals surface area contributed by atoms with E-state index in [0.717, 1.165) is 12.8 Å². The topological polar surface area (TPSA) is 29.5 Å². The third-order valence-corrected chi connectivity index (χ3v) is 3.74. The maximum absolute atomic E-state index is 10.4. The number of rotatable bonds is 7. The van der Waals surface area contributed by atoms with Crippen molar-refractivity contribution in [2.24, 2.45) is 0 Å². The lowest BCUT2D eigenvalue weighted by Crippen LogP contribution is -2.42. The van der Waals surface area contributed by atoms with Crippen LogP contribution in [0.1, 0.15) is 45.2 Å². The molecule has 0 bridgehead atoms. The van der Waals surface area contributed by atoms with E-state index in [1.807, 2.05) is 13.8 Å². The van der Waals surface area contributed by atoms with Gasteiger partial charge in [0.2, 0.25) is 0 Å². The summed E-state index contributed by atoms with van der Waals surface area (Å²) in [6.45, 7) is 8.79. The monoisotopic (exact) mass is 250 g/mol. The zero-order valence-corrected chi connectivity index (χ0v) is 12.1. The van der Waals surface area contributed by atoms with Crippen LogP contribution in [0, 0.1) is 0 Å². The van der Waals surface area contributed by atoms with Crippen molar-refractivity contribution in [1.29, 1.82) is 0 Å². The Bertz CT molecular complexity index is 345. The molecule has 1 aromatic rings. The van der Waals surface area contributed by atoms with Crippen LogP contribution in [-0.2, 0) is 17.6 Å². The van der Waals surface area contributed by atoms with Crippen LogP contribution in [0.5, 0.6) is 0 Å². The van der Waals surface area contributed by atoms with Crippen LogP contribution in [-0.4, -0.2) is 23.4 Å². The van der Waals surface area contributed by atoms with Gasteiger partial charge in [-0.05, 0) is 37.8 Å². The third-order valence-electron chi connectivity index (χ3n) is 3.74. The molecule has 2 heteroatoms. The molecule has 18 heavy (non-hydrogen) atoms. The summed E-state index contributed by atoms with van der Waals surface area (Å²) < 4.78 is 5.71. The van der Waals surface area contributed by atoms with Gasteiger partial charge < -0.3 is 9.84 Å². The molecule has 1 N–H and O–H groups in total. The number of hydrogen-bond acceptors (Lipinski definition) is 2. The van der Waals surface area contributed by atoms with Crippen LogP contribution in [0.15, 0.2) is 24.3 Å². The molecule has 0 aliphatic heterocycles. The van der Waals surface area contributed by atoms with E-state index in [1.54, 1.807) is 0 Å². The van der Waals surface area contributed by atoms with E-state index in [9.17, 15) is 5.11 Å². The van der Waals surface area contributed by atoms with Gasteiger partial charge in [-0.15, -0.1) is 0 Å². The first-order chi connectivity index (χ1) is 8.55. The van der Waals surface area contributed by atoms with Gasteiger partial charge in [0.25, 0.3) is 0 Å². The molecule has 0 radical (unpaired) electrons. The highest BCUT2D eigenvalue weighted by Gasteiger charge is 2.31. The Hall–Kier alpha value is -0.860. The molecule has 0 aromatic heterocycles. The molecule has 2 atom stereocenters. The zero-order chi connectivity index (χ0) is 13.6. The number of ether oxygens (including phenoxy) is 1. The average Bonchev–Trinajstić information content (AvgIpc) is 2.39. The van der Waals surface area contributed by atoms with Crippen molar-refractivity contribution in [2.75, 3.05) is 6.61 Å². The molecular formula is C16H26O2. The first kappa shape index (κ1) is 15.2. The van der Waals surface area contributed by atoms with Gasteiger partial charge in [0.15, 0.2) is 0 Å². The lowest BCUT2D eigenvalue weighted by Gasteiger charge is -2.33. The van der Waals surface area contributed by atoms with E-state index in [0.29, 0.717) is 13.0 Å². The van der Waals surface area contributed by atoms with Gasteiger partial charge in [0.05, 0.1) is 11.7 Å². The van der Waals surface area contributed by atoms with Crippen LogP contribution >= 0.6 is 0 Å². The van der Waals surface area contributed by atoms with Crippen molar-refractivity contribution >= 4 is 0 Å². The zero-order valence-electron chi connectivity index (χ0n) is 12.1. The Morgan fingerprint density at radius 3 is 2.11 bits per heavy atom. The van der Waals surface area contributed by atoms with Gasteiger partial charge >= 0.3 is 0 Å². The minimum Gasteiger partial charge on any atom is -0.390 e. The summed E-state index contributed by atoms with van der Waals surface area (Å²) >= 11 is 0. The van der Waals surface area contributed by atoms with E-state index in [4.69, 9.17) is 4.74 Å². The summed E-state index contributed by atoms with van der Waals surface area (Å²) in [5.74, 6) is 0. The molecule has 0 fully saturated rings. The predicted octanol–water partition coefficient (Wildman–Crippen LogP) is 3.36. The van der Waals surface area contributed by atoms with Crippen molar-refractivity contribution in [1.82, 2.24) is 0 Å². The van der Waals surface area contributed by atoms with Gasteiger partial charge in [0, 0.05) is 13.0 Å². The Balaban J connectivity index is 2.69. The summed E-state index contributed by atoms with van der Waals surface area (Å²) in [7, 11) is 0. The Kier molecular flexibility index (Phi) is 5.83. The molecule has 0 saturated carbocycles. The van der Waals surface area contributed by atoms with Crippen LogP contribution in [0.4, 0.5) is 0 Å². The van der Waals surface area contributed by atoms with Crippen molar-refractivity contribution < 1.29 is 9.84 Å². The van der Waals surface area contributed by atoms with Crippen LogP contribution < -0.4 is 0 Å². The lowest BCUT2D eigenvalue weighted by atomic mass is 9.90. The summed E-state index contributed by atoms with van der Waals surface area (Å²) in [5.41, 5.74) is 2.05. The van der Waals surface area contributed by atoms with Crippen LogP contribution in [0.25, 0.3) is 0 Å². The summed E-state index contributed by atoms with van der Waals surface area (Å²) in [4.78, 5) is 0. The highest BCUT2D eigenvalue weighted by Crippen LogP contribution is 2.23. The SMILES string of the molecule is CCOC(C)(CC)C(O)Cc1ccc(CC)cc1. The summed E-state index contributed by atoms with van der Waals surface area (Å²) in [6, 6.07) is 8.46. The van der Waals surface area contributed by atoms with Crippen molar-refractivity contribution in [3.63, 3.8) is 0 Å². The number of benzene rings is 1. The van der Waals surface area contributed by atoms with Crippen molar-refractivity contribution in [3.8, 4) is 0 Å². The second-order valence-electron chi connectivity index (χ2n) is 4.99. The molecule has 2 unspecified atom stereocenters. The smallest absolute Gasteiger partial charge is 0.0912 e. The average molecular weight is 250 g/mol. The molecular weight excluding hydrogens is 224 g/mol. The van der Waals surface area contributed by atoms with Crippen molar-refractivity contribution in [3.05, 3.63) is 35.4 Å².